The topological polar surface area (TPSA) is 50.4 Å². The minimum absolute atomic E-state index is 0.291. The standard InChI is InChI=1S/C14H20N2O2/c1-18-14(17)11-4-6-13(7-5-11)16-12-3-2-9-15-10-8-12/h4-7,12,15-16H,2-3,8-10H2,1H3. The lowest BCUT2D eigenvalue weighted by Gasteiger charge is -2.17. The van der Waals surface area contributed by atoms with E-state index < -0.39 is 0 Å². The first-order valence-electron chi connectivity index (χ1n) is 6.45. The highest BCUT2D eigenvalue weighted by Crippen LogP contribution is 2.15. The molecular weight excluding hydrogens is 228 g/mol. The maximum atomic E-state index is 11.3. The second kappa shape index (κ2) is 6.40. The molecule has 0 aliphatic carbocycles. The maximum Gasteiger partial charge on any atom is 0.337 e. The Bertz CT molecular complexity index is 381. The highest BCUT2D eigenvalue weighted by atomic mass is 16.5. The lowest BCUT2D eigenvalue weighted by molar-refractivity contribution is 0.0601. The molecule has 0 radical (unpaired) electrons. The Morgan fingerprint density at radius 3 is 2.78 bits per heavy atom. The van der Waals surface area contributed by atoms with E-state index in [9.17, 15) is 4.79 Å². The predicted molar refractivity (Wildman–Crippen MR) is 71.9 cm³/mol. The molecule has 1 saturated heterocycles. The summed E-state index contributed by atoms with van der Waals surface area (Å²) in [4.78, 5) is 11.3. The number of benzene rings is 1. The van der Waals surface area contributed by atoms with Crippen LogP contribution in [0.5, 0.6) is 0 Å². The van der Waals surface area contributed by atoms with E-state index in [0.717, 1.165) is 25.2 Å². The number of methoxy groups -OCH3 is 1. The highest BCUT2D eigenvalue weighted by Gasteiger charge is 2.11. The van der Waals surface area contributed by atoms with E-state index in [-0.39, 0.29) is 5.97 Å². The normalized spacial score (nSPS) is 19.9. The number of ether oxygens (including phenoxy) is 1. The summed E-state index contributed by atoms with van der Waals surface area (Å²) in [6.45, 7) is 2.18. The fourth-order valence-electron chi connectivity index (χ4n) is 2.22. The first-order valence-corrected chi connectivity index (χ1v) is 6.45. The monoisotopic (exact) mass is 248 g/mol. The average Bonchev–Trinajstić information content (AvgIpc) is 2.67. The van der Waals surface area contributed by atoms with E-state index >= 15 is 0 Å². The number of carbonyl (C=O) groups excluding carboxylic acids is 1. The largest absolute Gasteiger partial charge is 0.465 e. The van der Waals surface area contributed by atoms with Crippen molar-refractivity contribution in [3.8, 4) is 0 Å². The van der Waals surface area contributed by atoms with Crippen molar-refractivity contribution in [2.24, 2.45) is 0 Å². The number of hydrogen-bond acceptors (Lipinski definition) is 4. The molecular formula is C14H20N2O2. The number of anilines is 1. The molecule has 1 aromatic carbocycles. The number of carbonyl (C=O) groups is 1. The fourth-order valence-corrected chi connectivity index (χ4v) is 2.22. The van der Waals surface area contributed by atoms with Crippen molar-refractivity contribution in [2.45, 2.75) is 25.3 Å². The molecule has 4 heteroatoms. The molecule has 0 bridgehead atoms. The minimum atomic E-state index is -0.291. The molecule has 1 aromatic rings. The van der Waals surface area contributed by atoms with Crippen molar-refractivity contribution in [2.75, 3.05) is 25.5 Å². The van der Waals surface area contributed by atoms with Crippen LogP contribution in [0, 0.1) is 0 Å². The number of rotatable bonds is 3. The van der Waals surface area contributed by atoms with Crippen molar-refractivity contribution in [1.29, 1.82) is 0 Å². The Labute approximate surface area is 108 Å². The Morgan fingerprint density at radius 1 is 1.28 bits per heavy atom. The van der Waals surface area contributed by atoms with Gasteiger partial charge in [-0.1, -0.05) is 0 Å². The van der Waals surface area contributed by atoms with Crippen molar-refractivity contribution >= 4 is 11.7 Å². The van der Waals surface area contributed by atoms with Crippen molar-refractivity contribution in [3.63, 3.8) is 0 Å². The Kier molecular flexibility index (Phi) is 4.59. The quantitative estimate of drug-likeness (QED) is 0.804. The van der Waals surface area contributed by atoms with Gasteiger partial charge in [0.05, 0.1) is 12.7 Å². The molecule has 2 N–H and O–H groups in total. The number of nitrogens with one attached hydrogen (secondary N) is 2. The molecule has 1 unspecified atom stereocenters. The molecule has 1 atom stereocenters. The second-order valence-electron chi connectivity index (χ2n) is 4.59. The van der Waals surface area contributed by atoms with E-state index in [2.05, 4.69) is 15.4 Å². The molecule has 0 saturated carbocycles. The summed E-state index contributed by atoms with van der Waals surface area (Å²) < 4.78 is 4.68. The number of hydrogen-bond donors (Lipinski definition) is 2. The van der Waals surface area contributed by atoms with Gasteiger partial charge in [-0.2, -0.15) is 0 Å². The second-order valence-corrected chi connectivity index (χ2v) is 4.59. The van der Waals surface area contributed by atoms with Crippen LogP contribution in [0.4, 0.5) is 5.69 Å². The van der Waals surface area contributed by atoms with Gasteiger partial charge < -0.3 is 15.4 Å². The Balaban J connectivity index is 1.94. The van der Waals surface area contributed by atoms with Gasteiger partial charge in [0.25, 0.3) is 0 Å². The smallest absolute Gasteiger partial charge is 0.337 e. The molecule has 0 amide bonds. The molecule has 0 aromatic heterocycles. The lowest BCUT2D eigenvalue weighted by Crippen LogP contribution is -2.21. The molecule has 2 rings (SSSR count). The molecule has 1 aliphatic heterocycles. The van der Waals surface area contributed by atoms with Gasteiger partial charge in [-0.15, -0.1) is 0 Å². The van der Waals surface area contributed by atoms with Crippen LogP contribution in [0.1, 0.15) is 29.6 Å². The third-order valence-corrected chi connectivity index (χ3v) is 3.25. The summed E-state index contributed by atoms with van der Waals surface area (Å²) in [5.41, 5.74) is 1.65. The number of esters is 1. The van der Waals surface area contributed by atoms with Gasteiger partial charge >= 0.3 is 5.97 Å². The van der Waals surface area contributed by atoms with Gasteiger partial charge in [0.2, 0.25) is 0 Å². The van der Waals surface area contributed by atoms with Crippen LogP contribution in [-0.4, -0.2) is 32.2 Å². The highest BCUT2D eigenvalue weighted by molar-refractivity contribution is 5.89. The van der Waals surface area contributed by atoms with Gasteiger partial charge in [-0.25, -0.2) is 4.79 Å². The van der Waals surface area contributed by atoms with Crippen LogP contribution in [-0.2, 0) is 4.74 Å². The fraction of sp³-hybridized carbons (Fsp3) is 0.500. The molecule has 1 fully saturated rings. The van der Waals surface area contributed by atoms with Crippen LogP contribution in [0.2, 0.25) is 0 Å². The van der Waals surface area contributed by atoms with E-state index in [4.69, 9.17) is 0 Å². The van der Waals surface area contributed by atoms with Gasteiger partial charge in [-0.05, 0) is 56.6 Å². The predicted octanol–water partition coefficient (Wildman–Crippen LogP) is 2.03. The van der Waals surface area contributed by atoms with E-state index in [1.165, 1.54) is 20.0 Å². The molecule has 98 valence electrons. The summed E-state index contributed by atoms with van der Waals surface area (Å²) >= 11 is 0. The SMILES string of the molecule is COC(=O)c1ccc(NC2CCCNCC2)cc1. The Morgan fingerprint density at radius 2 is 2.06 bits per heavy atom. The van der Waals surface area contributed by atoms with Gasteiger partial charge in [0.15, 0.2) is 0 Å². The zero-order chi connectivity index (χ0) is 12.8. The molecule has 1 heterocycles. The van der Waals surface area contributed by atoms with Crippen LogP contribution >= 0.6 is 0 Å². The third-order valence-electron chi connectivity index (χ3n) is 3.25. The summed E-state index contributed by atoms with van der Waals surface area (Å²) in [6, 6.07) is 7.98. The molecule has 0 spiro atoms. The van der Waals surface area contributed by atoms with Crippen molar-refractivity contribution < 1.29 is 9.53 Å². The third kappa shape index (κ3) is 3.47. The van der Waals surface area contributed by atoms with Crippen LogP contribution < -0.4 is 10.6 Å². The van der Waals surface area contributed by atoms with E-state index in [1.54, 1.807) is 12.1 Å². The van der Waals surface area contributed by atoms with Crippen LogP contribution in [0.25, 0.3) is 0 Å². The van der Waals surface area contributed by atoms with Crippen LogP contribution in [0.3, 0.4) is 0 Å². The zero-order valence-electron chi connectivity index (χ0n) is 10.7. The van der Waals surface area contributed by atoms with E-state index in [1.807, 2.05) is 12.1 Å². The molecule has 4 nitrogen and oxygen atoms in total. The van der Waals surface area contributed by atoms with Crippen LogP contribution in [0.15, 0.2) is 24.3 Å². The summed E-state index contributed by atoms with van der Waals surface area (Å²) in [6.07, 6.45) is 3.53. The van der Waals surface area contributed by atoms with Gasteiger partial charge in [0, 0.05) is 11.7 Å². The van der Waals surface area contributed by atoms with Crippen molar-refractivity contribution in [1.82, 2.24) is 5.32 Å². The molecule has 18 heavy (non-hydrogen) atoms. The zero-order valence-corrected chi connectivity index (χ0v) is 10.7. The Hall–Kier alpha value is -1.55. The minimum Gasteiger partial charge on any atom is -0.465 e. The maximum absolute atomic E-state index is 11.3. The first kappa shape index (κ1) is 12.9. The summed E-state index contributed by atoms with van der Waals surface area (Å²) in [5.74, 6) is -0.291. The van der Waals surface area contributed by atoms with Gasteiger partial charge in [0.1, 0.15) is 0 Å². The lowest BCUT2D eigenvalue weighted by atomic mass is 10.1. The van der Waals surface area contributed by atoms with E-state index in [0.29, 0.717) is 11.6 Å². The summed E-state index contributed by atoms with van der Waals surface area (Å²) in [5, 5.41) is 6.91. The molecule has 1 aliphatic rings. The van der Waals surface area contributed by atoms with Gasteiger partial charge in [-0.3, -0.25) is 0 Å². The first-order chi connectivity index (χ1) is 8.79. The average molecular weight is 248 g/mol. The summed E-state index contributed by atoms with van der Waals surface area (Å²) in [7, 11) is 1.40. The van der Waals surface area contributed by atoms with Crippen molar-refractivity contribution in [3.05, 3.63) is 29.8 Å².